The third-order valence-corrected chi connectivity index (χ3v) is 4.08. The van der Waals surface area contributed by atoms with Crippen molar-refractivity contribution in [2.75, 3.05) is 25.1 Å². The molecule has 1 aromatic rings. The van der Waals surface area contributed by atoms with Gasteiger partial charge in [0.15, 0.2) is 0 Å². The number of nitrogens with one attached hydrogen (secondary N) is 1. The van der Waals surface area contributed by atoms with Crippen LogP contribution >= 0.6 is 0 Å². The third kappa shape index (κ3) is 6.45. The molecule has 0 amide bonds. The minimum Gasteiger partial charge on any atom is -0.379 e. The predicted molar refractivity (Wildman–Crippen MR) is 98.6 cm³/mol. The number of anilines is 1. The van der Waals surface area contributed by atoms with Gasteiger partial charge in [0.1, 0.15) is 5.69 Å². The average molecular weight is 337 g/mol. The highest BCUT2D eigenvalue weighted by Crippen LogP contribution is 2.25. The number of hydrogen-bond donors (Lipinski definition) is 1. The van der Waals surface area contributed by atoms with Crippen molar-refractivity contribution >= 4 is 11.4 Å². The molecule has 6 nitrogen and oxygen atoms in total. The standard InChI is InChI=1S/C10H12N2O3.C8H19N/c13-12(14)10-4-2-1-3-9(10)11-8-5-6-15-7-8;1-6-9(7(2)3)8(4)5/h1-4,8,11H,5-7H2;7-8H,6H2,1-5H3. The molecule has 2 rings (SSSR count). The second-order valence-electron chi connectivity index (χ2n) is 6.50. The predicted octanol–water partition coefficient (Wildman–Crippen LogP) is 3.92. The Morgan fingerprint density at radius 2 is 1.92 bits per heavy atom. The lowest BCUT2D eigenvalue weighted by atomic mass is 10.2. The van der Waals surface area contributed by atoms with Crippen LogP contribution in [0.1, 0.15) is 41.0 Å². The van der Waals surface area contributed by atoms with Gasteiger partial charge in [0.25, 0.3) is 5.69 Å². The van der Waals surface area contributed by atoms with Gasteiger partial charge in [-0.15, -0.1) is 0 Å². The third-order valence-electron chi connectivity index (χ3n) is 4.08. The summed E-state index contributed by atoms with van der Waals surface area (Å²) in [5, 5.41) is 13.9. The number of hydrogen-bond acceptors (Lipinski definition) is 5. The van der Waals surface area contributed by atoms with Gasteiger partial charge in [-0.3, -0.25) is 15.0 Å². The molecule has 1 aliphatic rings. The Bertz CT molecular complexity index is 492. The van der Waals surface area contributed by atoms with E-state index in [-0.39, 0.29) is 16.7 Å². The van der Waals surface area contributed by atoms with Crippen LogP contribution in [0.3, 0.4) is 0 Å². The molecule has 1 unspecified atom stereocenters. The molecule has 0 aromatic heterocycles. The van der Waals surface area contributed by atoms with Crippen LogP contribution in [0.2, 0.25) is 0 Å². The van der Waals surface area contributed by atoms with Gasteiger partial charge in [-0.05, 0) is 46.7 Å². The molecule has 1 saturated heterocycles. The molecule has 1 N–H and O–H groups in total. The zero-order valence-corrected chi connectivity index (χ0v) is 15.5. The summed E-state index contributed by atoms with van der Waals surface area (Å²) in [5.74, 6) is 0. The second kappa shape index (κ2) is 10.3. The average Bonchev–Trinajstić information content (AvgIpc) is 3.01. The molecule has 24 heavy (non-hydrogen) atoms. The molecule has 0 spiro atoms. The van der Waals surface area contributed by atoms with Crippen molar-refractivity contribution in [3.63, 3.8) is 0 Å². The zero-order valence-electron chi connectivity index (χ0n) is 15.5. The summed E-state index contributed by atoms with van der Waals surface area (Å²) in [6, 6.07) is 8.23. The van der Waals surface area contributed by atoms with Crippen molar-refractivity contribution in [3.05, 3.63) is 34.4 Å². The van der Waals surface area contributed by atoms with E-state index in [1.807, 2.05) is 0 Å². The van der Waals surface area contributed by atoms with Crippen molar-refractivity contribution in [3.8, 4) is 0 Å². The first-order valence-corrected chi connectivity index (χ1v) is 8.70. The molecule has 136 valence electrons. The molecule has 0 saturated carbocycles. The van der Waals surface area contributed by atoms with Crippen LogP contribution in [0.15, 0.2) is 24.3 Å². The first-order valence-electron chi connectivity index (χ1n) is 8.70. The summed E-state index contributed by atoms with van der Waals surface area (Å²) in [5.41, 5.74) is 0.683. The fourth-order valence-corrected chi connectivity index (χ4v) is 2.95. The van der Waals surface area contributed by atoms with Crippen molar-refractivity contribution in [1.29, 1.82) is 0 Å². The number of benzene rings is 1. The number of nitrogens with zero attached hydrogens (tertiary/aromatic N) is 2. The minimum absolute atomic E-state index is 0.115. The fourth-order valence-electron chi connectivity index (χ4n) is 2.95. The van der Waals surface area contributed by atoms with Gasteiger partial charge in [-0.1, -0.05) is 19.1 Å². The summed E-state index contributed by atoms with van der Waals surface area (Å²) >= 11 is 0. The number of ether oxygens (including phenoxy) is 1. The number of para-hydroxylation sites is 2. The molecule has 1 fully saturated rings. The number of rotatable bonds is 6. The van der Waals surface area contributed by atoms with Gasteiger partial charge in [-0.25, -0.2) is 0 Å². The van der Waals surface area contributed by atoms with Crippen LogP contribution in [-0.2, 0) is 4.74 Å². The maximum Gasteiger partial charge on any atom is 0.292 e. The molecule has 1 aromatic carbocycles. The Labute approximate surface area is 145 Å². The van der Waals surface area contributed by atoms with Gasteiger partial charge in [0, 0.05) is 24.8 Å². The van der Waals surface area contributed by atoms with Gasteiger partial charge in [-0.2, -0.15) is 0 Å². The lowest BCUT2D eigenvalue weighted by Gasteiger charge is -2.28. The van der Waals surface area contributed by atoms with Gasteiger partial charge in [0.05, 0.1) is 17.6 Å². The van der Waals surface area contributed by atoms with Crippen LogP contribution in [0.5, 0.6) is 0 Å². The van der Waals surface area contributed by atoms with Crippen molar-refractivity contribution in [2.24, 2.45) is 0 Å². The van der Waals surface area contributed by atoms with Gasteiger partial charge >= 0.3 is 0 Å². The highest BCUT2D eigenvalue weighted by Gasteiger charge is 2.19. The van der Waals surface area contributed by atoms with Crippen LogP contribution in [0, 0.1) is 10.1 Å². The van der Waals surface area contributed by atoms with E-state index in [1.165, 1.54) is 6.07 Å². The Morgan fingerprint density at radius 1 is 1.29 bits per heavy atom. The Hall–Kier alpha value is -1.66. The fraction of sp³-hybridized carbons (Fsp3) is 0.667. The topological polar surface area (TPSA) is 67.6 Å². The van der Waals surface area contributed by atoms with Gasteiger partial charge in [0.2, 0.25) is 0 Å². The van der Waals surface area contributed by atoms with Crippen molar-refractivity contribution < 1.29 is 9.66 Å². The maximum atomic E-state index is 10.7. The molecule has 0 aliphatic carbocycles. The summed E-state index contributed by atoms with van der Waals surface area (Å²) in [7, 11) is 0. The first-order chi connectivity index (χ1) is 11.4. The SMILES string of the molecule is CCN(C(C)C)C(C)C.O=[N+]([O-])c1ccccc1NC1CCOC1. The van der Waals surface area contributed by atoms with E-state index in [0.717, 1.165) is 19.6 Å². The molecule has 1 heterocycles. The first kappa shape index (κ1) is 20.4. The van der Waals surface area contributed by atoms with Crippen LogP contribution in [0.25, 0.3) is 0 Å². The van der Waals surface area contributed by atoms with E-state index in [0.29, 0.717) is 24.4 Å². The lowest BCUT2D eigenvalue weighted by molar-refractivity contribution is -0.384. The summed E-state index contributed by atoms with van der Waals surface area (Å²) < 4.78 is 5.20. The Balaban J connectivity index is 0.000000277. The molecular weight excluding hydrogens is 306 g/mol. The highest BCUT2D eigenvalue weighted by molar-refractivity contribution is 5.61. The largest absolute Gasteiger partial charge is 0.379 e. The van der Waals surface area contributed by atoms with Crippen LogP contribution in [0.4, 0.5) is 11.4 Å². The normalized spacial score (nSPS) is 17.1. The molecule has 0 bridgehead atoms. The van der Waals surface area contributed by atoms with E-state index in [4.69, 9.17) is 4.74 Å². The number of nitro groups is 1. The summed E-state index contributed by atoms with van der Waals surface area (Å²) in [6.45, 7) is 13.7. The van der Waals surface area contributed by atoms with E-state index < -0.39 is 0 Å². The van der Waals surface area contributed by atoms with Crippen LogP contribution < -0.4 is 5.32 Å². The molecule has 6 heteroatoms. The second-order valence-corrected chi connectivity index (χ2v) is 6.50. The molecule has 1 atom stereocenters. The van der Waals surface area contributed by atoms with E-state index in [2.05, 4.69) is 44.8 Å². The lowest BCUT2D eigenvalue weighted by Crippen LogP contribution is -2.36. The van der Waals surface area contributed by atoms with Crippen molar-refractivity contribution in [1.82, 2.24) is 4.90 Å². The highest BCUT2D eigenvalue weighted by atomic mass is 16.6. The van der Waals surface area contributed by atoms with Crippen molar-refractivity contribution in [2.45, 2.75) is 59.2 Å². The minimum atomic E-state index is -0.377. The van der Waals surface area contributed by atoms with E-state index in [1.54, 1.807) is 18.2 Å². The smallest absolute Gasteiger partial charge is 0.292 e. The Morgan fingerprint density at radius 3 is 2.33 bits per heavy atom. The van der Waals surface area contributed by atoms with E-state index in [9.17, 15) is 10.1 Å². The van der Waals surface area contributed by atoms with E-state index >= 15 is 0 Å². The zero-order chi connectivity index (χ0) is 18.1. The summed E-state index contributed by atoms with van der Waals surface area (Å²) in [4.78, 5) is 12.8. The van der Waals surface area contributed by atoms with Gasteiger partial charge < -0.3 is 10.1 Å². The summed E-state index contributed by atoms with van der Waals surface area (Å²) in [6.07, 6.45) is 0.895. The van der Waals surface area contributed by atoms with Crippen LogP contribution in [-0.4, -0.2) is 47.7 Å². The molecular formula is C18H31N3O3. The molecule has 0 radical (unpaired) electrons. The maximum absolute atomic E-state index is 10.7. The quantitative estimate of drug-likeness (QED) is 0.629. The Kier molecular flexibility index (Phi) is 8.71. The number of nitro benzene ring substituents is 1. The monoisotopic (exact) mass is 337 g/mol. The molecule has 1 aliphatic heterocycles.